The lowest BCUT2D eigenvalue weighted by atomic mass is 10.1. The van der Waals surface area contributed by atoms with Crippen LogP contribution in [0.15, 0.2) is 77.7 Å². The maximum Gasteiger partial charge on any atom is 0.313 e. The van der Waals surface area contributed by atoms with Crippen molar-refractivity contribution in [3.05, 3.63) is 101 Å². The molecule has 6 heteroatoms. The van der Waals surface area contributed by atoms with Crippen molar-refractivity contribution in [1.82, 2.24) is 5.06 Å². The van der Waals surface area contributed by atoms with Crippen LogP contribution < -0.4 is 0 Å². The molecule has 0 aliphatic rings. The summed E-state index contributed by atoms with van der Waals surface area (Å²) in [6, 6.07) is 23.4. The lowest BCUT2D eigenvalue weighted by Gasteiger charge is -2.16. The minimum absolute atomic E-state index is 0. The van der Waals surface area contributed by atoms with Crippen molar-refractivity contribution in [3.63, 3.8) is 0 Å². The van der Waals surface area contributed by atoms with Crippen molar-refractivity contribution in [3.8, 4) is 0 Å². The molecule has 192 valence electrons. The second kappa shape index (κ2) is 15.5. The highest BCUT2D eigenvalue weighted by molar-refractivity contribution is 7.86. The first-order chi connectivity index (χ1) is 16.2. The molecule has 0 aliphatic heterocycles. The summed E-state index contributed by atoms with van der Waals surface area (Å²) in [7, 11) is -2.11. The number of benzene rings is 3. The Bertz CT molecular complexity index is 1110. The van der Waals surface area contributed by atoms with E-state index in [2.05, 4.69) is 56.3 Å². The Labute approximate surface area is 212 Å². The molecule has 5 nitrogen and oxygen atoms in total. The van der Waals surface area contributed by atoms with E-state index in [-0.39, 0.29) is 18.9 Å². The summed E-state index contributed by atoms with van der Waals surface area (Å²) in [5.41, 5.74) is 6.10. The number of aliphatic hydroxyl groups is 1. The second-order valence-electron chi connectivity index (χ2n) is 8.60. The molecule has 0 aliphatic carbocycles. The molecule has 0 saturated heterocycles. The fourth-order valence-corrected chi connectivity index (χ4v) is 4.44. The highest BCUT2D eigenvalue weighted by Crippen LogP contribution is 2.15. The number of nitrogens with zero attached hydrogens (tertiary/aromatic N) is 1. The Morgan fingerprint density at radius 1 is 0.771 bits per heavy atom. The van der Waals surface area contributed by atoms with E-state index in [0.29, 0.717) is 6.54 Å². The summed E-state index contributed by atoms with van der Waals surface area (Å²) in [5, 5.41) is 9.98. The molecule has 0 spiro atoms. The Morgan fingerprint density at radius 3 is 1.77 bits per heavy atom. The van der Waals surface area contributed by atoms with Gasteiger partial charge in [0.1, 0.15) is 0 Å². The quantitative estimate of drug-likeness (QED) is 0.344. The van der Waals surface area contributed by atoms with Gasteiger partial charge in [-0.3, -0.25) is 0 Å². The zero-order chi connectivity index (χ0) is 25.0. The van der Waals surface area contributed by atoms with Gasteiger partial charge in [-0.2, -0.15) is 17.8 Å². The highest BCUT2D eigenvalue weighted by atomic mass is 32.2. The molecule has 1 N–H and O–H groups in total. The number of hydrogen-bond acceptors (Lipinski definition) is 5. The van der Waals surface area contributed by atoms with Gasteiger partial charge in [-0.15, -0.1) is 0 Å². The van der Waals surface area contributed by atoms with Crippen LogP contribution in [0, 0.1) is 20.8 Å². The van der Waals surface area contributed by atoms with E-state index in [1.54, 1.807) is 31.3 Å². The summed E-state index contributed by atoms with van der Waals surface area (Å²) in [5.74, 6) is 0. The molecule has 0 radical (unpaired) electrons. The SMILES string of the molecule is C.Cc1ccc(S(=O)(=O)ON(C)CCCc2cccc(C)c2)cc1.Cc1cccc(CCCO)c1. The Balaban J connectivity index is 0.000000430. The van der Waals surface area contributed by atoms with Crippen molar-refractivity contribution in [1.29, 1.82) is 0 Å². The van der Waals surface area contributed by atoms with Gasteiger partial charge in [0.15, 0.2) is 0 Å². The van der Waals surface area contributed by atoms with Gasteiger partial charge in [0.25, 0.3) is 0 Å². The molecule has 0 aromatic heterocycles. The fourth-order valence-electron chi connectivity index (χ4n) is 3.48. The summed E-state index contributed by atoms with van der Waals surface area (Å²) in [4.78, 5) is 0.175. The standard InChI is InChI=1S/C18H23NO3S.C10H14O.CH4/c1-15-9-11-18(12-10-15)23(20,21)22-19(3)13-5-8-17-7-4-6-16(2)14-17;1-9-4-2-5-10(8-9)6-3-7-11;/h4,6-7,9-12,14H,5,8,13H2,1-3H3;2,4-5,8,11H,3,6-7H2,1H3;1H4. The average molecular weight is 500 g/mol. The summed E-state index contributed by atoms with van der Waals surface area (Å²) in [6.45, 7) is 6.89. The first kappa shape index (κ1) is 30.5. The van der Waals surface area contributed by atoms with Gasteiger partial charge >= 0.3 is 10.1 Å². The van der Waals surface area contributed by atoms with Crippen molar-refractivity contribution < 1.29 is 17.8 Å². The summed E-state index contributed by atoms with van der Waals surface area (Å²) >= 11 is 0. The highest BCUT2D eigenvalue weighted by Gasteiger charge is 2.18. The van der Waals surface area contributed by atoms with Crippen LogP contribution in [0.4, 0.5) is 0 Å². The number of aryl methyl sites for hydroxylation is 5. The zero-order valence-corrected chi connectivity index (χ0v) is 21.5. The van der Waals surface area contributed by atoms with Gasteiger partial charge < -0.3 is 5.11 Å². The molecule has 0 amide bonds. The molecule has 3 rings (SSSR count). The third-order valence-corrected chi connectivity index (χ3v) is 6.56. The van der Waals surface area contributed by atoms with E-state index in [1.807, 2.05) is 13.0 Å². The molecule has 0 atom stereocenters. The second-order valence-corrected chi connectivity index (χ2v) is 10.1. The molecule has 35 heavy (non-hydrogen) atoms. The van der Waals surface area contributed by atoms with Crippen LogP contribution in [0.25, 0.3) is 0 Å². The van der Waals surface area contributed by atoms with E-state index in [4.69, 9.17) is 9.39 Å². The third kappa shape index (κ3) is 11.6. The molecule has 0 fully saturated rings. The molecular formula is C29H41NO4S. The van der Waals surface area contributed by atoms with Crippen LogP contribution in [0.2, 0.25) is 0 Å². The van der Waals surface area contributed by atoms with E-state index < -0.39 is 10.1 Å². The lowest BCUT2D eigenvalue weighted by molar-refractivity contribution is -0.0245. The average Bonchev–Trinajstić information content (AvgIpc) is 2.78. The molecule has 0 heterocycles. The largest absolute Gasteiger partial charge is 0.396 e. The maximum absolute atomic E-state index is 12.2. The van der Waals surface area contributed by atoms with E-state index in [0.717, 1.165) is 31.2 Å². The molecule has 0 saturated carbocycles. The van der Waals surface area contributed by atoms with E-state index >= 15 is 0 Å². The molecular weight excluding hydrogens is 458 g/mol. The van der Waals surface area contributed by atoms with Crippen LogP contribution in [-0.2, 0) is 27.2 Å². The number of aliphatic hydroxyl groups excluding tert-OH is 1. The topological polar surface area (TPSA) is 66.8 Å². The van der Waals surface area contributed by atoms with Gasteiger partial charge in [0, 0.05) is 20.2 Å². The normalized spacial score (nSPS) is 10.9. The first-order valence-corrected chi connectivity index (χ1v) is 13.0. The van der Waals surface area contributed by atoms with Crippen LogP contribution in [0.5, 0.6) is 0 Å². The minimum Gasteiger partial charge on any atom is -0.396 e. The first-order valence-electron chi connectivity index (χ1n) is 11.6. The van der Waals surface area contributed by atoms with Crippen molar-refractivity contribution in [2.75, 3.05) is 20.2 Å². The van der Waals surface area contributed by atoms with E-state index in [1.165, 1.54) is 27.3 Å². The van der Waals surface area contributed by atoms with Gasteiger partial charge in [-0.25, -0.2) is 0 Å². The maximum atomic E-state index is 12.2. The van der Waals surface area contributed by atoms with Gasteiger partial charge in [-0.1, -0.05) is 84.8 Å². The fraction of sp³-hybridized carbons (Fsp3) is 0.379. The number of rotatable bonds is 10. The van der Waals surface area contributed by atoms with Crippen molar-refractivity contribution in [2.24, 2.45) is 0 Å². The van der Waals surface area contributed by atoms with Crippen molar-refractivity contribution >= 4 is 10.1 Å². The smallest absolute Gasteiger partial charge is 0.313 e. The monoisotopic (exact) mass is 499 g/mol. The number of hydrogen-bond donors (Lipinski definition) is 1. The van der Waals surface area contributed by atoms with Crippen molar-refractivity contribution in [2.45, 2.75) is 58.8 Å². The van der Waals surface area contributed by atoms with Gasteiger partial charge in [0.2, 0.25) is 0 Å². The van der Waals surface area contributed by atoms with Gasteiger partial charge in [0.05, 0.1) is 4.90 Å². The minimum atomic E-state index is -3.75. The summed E-state index contributed by atoms with van der Waals surface area (Å²) < 4.78 is 29.5. The van der Waals surface area contributed by atoms with Crippen LogP contribution >= 0.6 is 0 Å². The van der Waals surface area contributed by atoms with E-state index in [9.17, 15) is 8.42 Å². The lowest BCUT2D eigenvalue weighted by Crippen LogP contribution is -2.24. The third-order valence-electron chi connectivity index (χ3n) is 5.26. The van der Waals surface area contributed by atoms with Gasteiger partial charge in [-0.05, 0) is 69.7 Å². The van der Waals surface area contributed by atoms with Crippen LogP contribution in [0.3, 0.4) is 0 Å². The predicted octanol–water partition coefficient (Wildman–Crippen LogP) is 6.04. The predicted molar refractivity (Wildman–Crippen MR) is 145 cm³/mol. The summed E-state index contributed by atoms with van der Waals surface area (Å²) in [6.07, 6.45) is 3.56. The molecule has 0 unspecified atom stereocenters. The Kier molecular flexibility index (Phi) is 13.5. The molecule has 0 bridgehead atoms. The Morgan fingerprint density at radius 2 is 1.29 bits per heavy atom. The Hall–Kier alpha value is -2.51. The van der Waals surface area contributed by atoms with Crippen LogP contribution in [-0.4, -0.2) is 38.8 Å². The van der Waals surface area contributed by atoms with Crippen LogP contribution in [0.1, 0.15) is 48.1 Å². The number of hydroxylamine groups is 2. The molecule has 3 aromatic rings. The zero-order valence-electron chi connectivity index (χ0n) is 20.7. The molecule has 3 aromatic carbocycles.